The van der Waals surface area contributed by atoms with Crippen molar-refractivity contribution in [2.24, 2.45) is 5.92 Å². The first-order valence-corrected chi connectivity index (χ1v) is 11.5. The van der Waals surface area contributed by atoms with Crippen molar-refractivity contribution < 1.29 is 18.0 Å². The first-order valence-electron chi connectivity index (χ1n) is 9.89. The molecule has 2 atom stereocenters. The lowest BCUT2D eigenvalue weighted by Gasteiger charge is -2.27. The average Bonchev–Trinajstić information content (AvgIpc) is 3.35. The van der Waals surface area contributed by atoms with Crippen LogP contribution in [0.1, 0.15) is 19.3 Å². The molecule has 0 saturated carbocycles. The van der Waals surface area contributed by atoms with Gasteiger partial charge < -0.3 is 9.80 Å². The van der Waals surface area contributed by atoms with Crippen molar-refractivity contribution in [1.82, 2.24) is 4.90 Å². The van der Waals surface area contributed by atoms with Crippen LogP contribution in [0.15, 0.2) is 65.6 Å². The van der Waals surface area contributed by atoms with Gasteiger partial charge in [0, 0.05) is 31.2 Å². The van der Waals surface area contributed by atoms with Crippen molar-refractivity contribution in [3.63, 3.8) is 0 Å². The summed E-state index contributed by atoms with van der Waals surface area (Å²) in [7, 11) is -3.47. The highest BCUT2D eigenvalue weighted by Gasteiger charge is 2.41. The lowest BCUT2D eigenvalue weighted by atomic mass is 10.1. The second-order valence-corrected chi connectivity index (χ2v) is 9.70. The molecule has 0 aliphatic carbocycles. The number of amides is 2. The Morgan fingerprint density at radius 1 is 1.00 bits per heavy atom. The molecule has 2 aromatic carbocycles. The number of anilines is 1. The van der Waals surface area contributed by atoms with Crippen LogP contribution in [0.25, 0.3) is 0 Å². The molecule has 2 amide bonds. The van der Waals surface area contributed by atoms with Crippen molar-refractivity contribution in [2.75, 3.05) is 23.7 Å². The maximum atomic E-state index is 13.2. The zero-order valence-electron chi connectivity index (χ0n) is 16.1. The molecule has 2 saturated heterocycles. The number of benzene rings is 2. The highest BCUT2D eigenvalue weighted by Crippen LogP contribution is 2.29. The minimum Gasteiger partial charge on any atom is -0.338 e. The maximum Gasteiger partial charge on any atom is 0.228 e. The maximum absolute atomic E-state index is 13.2. The van der Waals surface area contributed by atoms with E-state index in [1.807, 2.05) is 30.3 Å². The Morgan fingerprint density at radius 3 is 2.34 bits per heavy atom. The number of hydrogen-bond donors (Lipinski definition) is 0. The Morgan fingerprint density at radius 2 is 1.66 bits per heavy atom. The number of para-hydroxylation sites is 1. The van der Waals surface area contributed by atoms with E-state index in [0.29, 0.717) is 19.5 Å². The summed E-state index contributed by atoms with van der Waals surface area (Å²) in [5.41, 5.74) is 0.789. The van der Waals surface area contributed by atoms with Crippen LogP contribution in [0, 0.1) is 5.92 Å². The second-order valence-electron chi connectivity index (χ2n) is 7.66. The normalized spacial score (nSPS) is 22.3. The van der Waals surface area contributed by atoms with Crippen LogP contribution in [-0.2, 0) is 19.4 Å². The minimum absolute atomic E-state index is 0.0674. The summed E-state index contributed by atoms with van der Waals surface area (Å²) < 4.78 is 25.5. The van der Waals surface area contributed by atoms with Crippen LogP contribution >= 0.6 is 0 Å². The molecule has 6 nitrogen and oxygen atoms in total. The summed E-state index contributed by atoms with van der Waals surface area (Å²) >= 11 is 0. The molecule has 7 heteroatoms. The van der Waals surface area contributed by atoms with Gasteiger partial charge in [-0.25, -0.2) is 8.42 Å². The average molecular weight is 413 g/mol. The van der Waals surface area contributed by atoms with Gasteiger partial charge in [-0.1, -0.05) is 36.4 Å². The predicted molar refractivity (Wildman–Crippen MR) is 110 cm³/mol. The number of carbonyl (C=O) groups excluding carboxylic acids is 2. The highest BCUT2D eigenvalue weighted by atomic mass is 32.2. The quantitative estimate of drug-likeness (QED) is 0.756. The molecule has 2 heterocycles. The molecule has 0 N–H and O–H groups in total. The van der Waals surface area contributed by atoms with Gasteiger partial charge in [0.05, 0.1) is 16.6 Å². The van der Waals surface area contributed by atoms with Crippen molar-refractivity contribution in [3.8, 4) is 0 Å². The largest absolute Gasteiger partial charge is 0.338 e. The Hall–Kier alpha value is -2.67. The molecule has 0 aromatic heterocycles. The number of nitrogens with zero attached hydrogens (tertiary/aromatic N) is 2. The third kappa shape index (κ3) is 4.05. The molecule has 2 unspecified atom stereocenters. The van der Waals surface area contributed by atoms with Gasteiger partial charge in [0.1, 0.15) is 0 Å². The lowest BCUT2D eigenvalue weighted by Crippen LogP contribution is -2.43. The molecular formula is C22H24N2O4S. The Kier molecular flexibility index (Phi) is 5.41. The van der Waals surface area contributed by atoms with Crippen molar-refractivity contribution in [1.29, 1.82) is 0 Å². The molecule has 0 radical (unpaired) electrons. The van der Waals surface area contributed by atoms with E-state index in [1.165, 1.54) is 0 Å². The van der Waals surface area contributed by atoms with Gasteiger partial charge in [0.2, 0.25) is 11.8 Å². The fraction of sp³-hybridized carbons (Fsp3) is 0.364. The number of sulfone groups is 1. The molecule has 2 fully saturated rings. The fourth-order valence-corrected chi connectivity index (χ4v) is 5.86. The summed E-state index contributed by atoms with van der Waals surface area (Å²) in [6, 6.07) is 17.3. The van der Waals surface area contributed by atoms with E-state index < -0.39 is 15.8 Å². The van der Waals surface area contributed by atoms with Crippen LogP contribution < -0.4 is 4.90 Å². The molecule has 2 aliphatic rings. The summed E-state index contributed by atoms with van der Waals surface area (Å²) in [6.45, 7) is 0.889. The van der Waals surface area contributed by atoms with Gasteiger partial charge >= 0.3 is 0 Å². The van der Waals surface area contributed by atoms with E-state index in [2.05, 4.69) is 0 Å². The van der Waals surface area contributed by atoms with Gasteiger partial charge in [-0.3, -0.25) is 9.59 Å². The fourth-order valence-electron chi connectivity index (χ4n) is 4.24. The third-order valence-electron chi connectivity index (χ3n) is 5.72. The Labute approximate surface area is 171 Å². The third-order valence-corrected chi connectivity index (χ3v) is 7.53. The van der Waals surface area contributed by atoms with E-state index in [0.717, 1.165) is 12.1 Å². The van der Waals surface area contributed by atoms with Crippen LogP contribution in [0.5, 0.6) is 0 Å². The van der Waals surface area contributed by atoms with Gasteiger partial charge in [0.15, 0.2) is 9.84 Å². The molecular weight excluding hydrogens is 388 g/mol. The molecule has 0 spiro atoms. The van der Waals surface area contributed by atoms with Crippen molar-refractivity contribution >= 4 is 27.3 Å². The monoisotopic (exact) mass is 412 g/mol. The Bertz CT molecular complexity index is 992. The lowest BCUT2D eigenvalue weighted by molar-refractivity contribution is -0.136. The first kappa shape index (κ1) is 19.6. The van der Waals surface area contributed by atoms with E-state index in [1.54, 1.807) is 40.1 Å². The zero-order valence-corrected chi connectivity index (χ0v) is 16.9. The van der Waals surface area contributed by atoms with Crippen LogP contribution in [-0.4, -0.2) is 50.0 Å². The van der Waals surface area contributed by atoms with Crippen LogP contribution in [0.3, 0.4) is 0 Å². The first-order chi connectivity index (χ1) is 14.0. The topological polar surface area (TPSA) is 74.8 Å². The van der Waals surface area contributed by atoms with Gasteiger partial charge in [-0.15, -0.1) is 0 Å². The highest BCUT2D eigenvalue weighted by molar-refractivity contribution is 7.91. The number of hydrogen-bond acceptors (Lipinski definition) is 4. The summed E-state index contributed by atoms with van der Waals surface area (Å²) in [4.78, 5) is 29.2. The van der Waals surface area contributed by atoms with Crippen molar-refractivity contribution in [3.05, 3.63) is 60.7 Å². The Balaban J connectivity index is 1.46. The van der Waals surface area contributed by atoms with E-state index in [9.17, 15) is 18.0 Å². The molecule has 2 aliphatic heterocycles. The number of rotatable bonds is 5. The minimum atomic E-state index is -3.47. The summed E-state index contributed by atoms with van der Waals surface area (Å²) in [5, 5.41) is 0. The molecule has 152 valence electrons. The number of carbonyl (C=O) groups is 2. The smallest absolute Gasteiger partial charge is 0.228 e. The van der Waals surface area contributed by atoms with E-state index >= 15 is 0 Å². The van der Waals surface area contributed by atoms with E-state index in [4.69, 9.17) is 0 Å². The second kappa shape index (κ2) is 7.99. The van der Waals surface area contributed by atoms with E-state index in [-0.39, 0.29) is 34.9 Å². The van der Waals surface area contributed by atoms with Gasteiger partial charge in [-0.2, -0.15) is 0 Å². The van der Waals surface area contributed by atoms with Gasteiger partial charge in [0.25, 0.3) is 0 Å². The number of likely N-dealkylation sites (tertiary alicyclic amines) is 1. The van der Waals surface area contributed by atoms with Crippen molar-refractivity contribution in [2.45, 2.75) is 30.2 Å². The predicted octanol–water partition coefficient (Wildman–Crippen LogP) is 2.50. The molecule has 29 heavy (non-hydrogen) atoms. The van der Waals surface area contributed by atoms with Crippen LogP contribution in [0.2, 0.25) is 0 Å². The molecule has 4 rings (SSSR count). The molecule has 2 aromatic rings. The SMILES string of the molecule is O=C1CC(C(=O)N2CCCC2CS(=O)(=O)c2ccccc2)CN1c1ccccc1. The zero-order chi connectivity index (χ0) is 20.4. The summed E-state index contributed by atoms with van der Waals surface area (Å²) in [6.07, 6.45) is 1.62. The van der Waals surface area contributed by atoms with Crippen LogP contribution in [0.4, 0.5) is 5.69 Å². The summed E-state index contributed by atoms with van der Waals surface area (Å²) in [5.74, 6) is -0.682. The molecule has 0 bridgehead atoms. The standard InChI is InChI=1S/C22H24N2O4S/c25-21-14-17(15-24(21)18-8-3-1-4-9-18)22(26)23-13-7-10-19(23)16-29(27,28)20-11-5-2-6-12-20/h1-6,8-9,11-12,17,19H,7,10,13-16H2. The van der Waals surface area contributed by atoms with Gasteiger partial charge in [-0.05, 0) is 37.1 Å².